The van der Waals surface area contributed by atoms with Gasteiger partial charge in [-0.15, -0.1) is 0 Å². The van der Waals surface area contributed by atoms with Crippen molar-refractivity contribution < 1.29 is 15.0 Å². The second-order valence-electron chi connectivity index (χ2n) is 4.44. The van der Waals surface area contributed by atoms with Gasteiger partial charge < -0.3 is 10.2 Å². The van der Waals surface area contributed by atoms with Crippen LogP contribution < -0.4 is 0 Å². The minimum absolute atomic E-state index is 0.0536. The van der Waals surface area contributed by atoms with Crippen molar-refractivity contribution in [3.8, 4) is 11.5 Å². The number of unbranched alkanes of at least 4 members (excludes halogenated alkanes) is 2. The summed E-state index contributed by atoms with van der Waals surface area (Å²) in [6, 6.07) is 1.56. The van der Waals surface area contributed by atoms with E-state index < -0.39 is 0 Å². The van der Waals surface area contributed by atoms with Crippen LogP contribution in [0.15, 0.2) is 6.07 Å². The van der Waals surface area contributed by atoms with Crippen molar-refractivity contribution in [3.05, 3.63) is 22.8 Å². The zero-order valence-electron chi connectivity index (χ0n) is 10.7. The minimum atomic E-state index is -0.0883. The molecular formula is C14H20O3. The summed E-state index contributed by atoms with van der Waals surface area (Å²) in [7, 11) is 0. The SMILES string of the molecule is CCCCCC(=O)c1cc(C)c(O)c(C)c1O. The summed E-state index contributed by atoms with van der Waals surface area (Å²) in [5, 5.41) is 19.5. The zero-order valence-corrected chi connectivity index (χ0v) is 10.7. The van der Waals surface area contributed by atoms with Gasteiger partial charge in [0.05, 0.1) is 5.56 Å². The van der Waals surface area contributed by atoms with E-state index in [4.69, 9.17) is 0 Å². The lowest BCUT2D eigenvalue weighted by atomic mass is 9.98. The van der Waals surface area contributed by atoms with Crippen LogP contribution >= 0.6 is 0 Å². The summed E-state index contributed by atoms with van der Waals surface area (Å²) < 4.78 is 0. The lowest BCUT2D eigenvalue weighted by molar-refractivity contribution is 0.0976. The van der Waals surface area contributed by atoms with Crippen LogP contribution in [-0.4, -0.2) is 16.0 Å². The van der Waals surface area contributed by atoms with Crippen LogP contribution in [0.1, 0.15) is 54.1 Å². The van der Waals surface area contributed by atoms with E-state index in [1.54, 1.807) is 19.9 Å². The number of aryl methyl sites for hydroxylation is 1. The van der Waals surface area contributed by atoms with Gasteiger partial charge >= 0.3 is 0 Å². The fraction of sp³-hybridized carbons (Fsp3) is 0.500. The van der Waals surface area contributed by atoms with E-state index in [-0.39, 0.29) is 17.3 Å². The molecule has 0 saturated carbocycles. The molecule has 0 radical (unpaired) electrons. The van der Waals surface area contributed by atoms with E-state index in [0.29, 0.717) is 23.1 Å². The minimum Gasteiger partial charge on any atom is -0.507 e. The van der Waals surface area contributed by atoms with Gasteiger partial charge in [-0.25, -0.2) is 0 Å². The first-order valence-electron chi connectivity index (χ1n) is 6.04. The number of rotatable bonds is 5. The zero-order chi connectivity index (χ0) is 13.0. The second kappa shape index (κ2) is 5.71. The van der Waals surface area contributed by atoms with Crippen molar-refractivity contribution in [1.82, 2.24) is 0 Å². The standard InChI is InChI=1S/C14H20O3/c1-4-5-6-7-12(15)11-8-9(2)13(16)10(3)14(11)17/h8,16-17H,4-7H2,1-3H3. The molecule has 0 aliphatic carbocycles. The number of Topliss-reactive ketones (excluding diaryl/α,β-unsaturated/α-hetero) is 1. The molecule has 1 rings (SSSR count). The first-order chi connectivity index (χ1) is 7.99. The Morgan fingerprint density at radius 3 is 2.41 bits per heavy atom. The Hall–Kier alpha value is -1.51. The Morgan fingerprint density at radius 1 is 1.18 bits per heavy atom. The third-order valence-corrected chi connectivity index (χ3v) is 3.01. The van der Waals surface area contributed by atoms with Gasteiger partial charge in [0.15, 0.2) is 5.78 Å². The first kappa shape index (κ1) is 13.6. The fourth-order valence-electron chi connectivity index (χ4n) is 1.85. The van der Waals surface area contributed by atoms with Crippen LogP contribution in [0.25, 0.3) is 0 Å². The third-order valence-electron chi connectivity index (χ3n) is 3.01. The van der Waals surface area contributed by atoms with Gasteiger partial charge in [-0.05, 0) is 31.9 Å². The quantitative estimate of drug-likeness (QED) is 0.608. The van der Waals surface area contributed by atoms with Crippen molar-refractivity contribution in [1.29, 1.82) is 0 Å². The highest BCUT2D eigenvalue weighted by Gasteiger charge is 2.16. The molecule has 0 aliphatic heterocycles. The molecule has 3 heteroatoms. The topological polar surface area (TPSA) is 57.5 Å². The molecule has 0 bridgehead atoms. The molecule has 2 N–H and O–H groups in total. The van der Waals surface area contributed by atoms with E-state index in [1.165, 1.54) is 0 Å². The second-order valence-corrected chi connectivity index (χ2v) is 4.44. The van der Waals surface area contributed by atoms with Gasteiger partial charge in [-0.3, -0.25) is 4.79 Å². The monoisotopic (exact) mass is 236 g/mol. The number of aromatic hydroxyl groups is 2. The summed E-state index contributed by atoms with van der Waals surface area (Å²) in [6.45, 7) is 5.42. The van der Waals surface area contributed by atoms with Gasteiger partial charge in [-0.2, -0.15) is 0 Å². The fourth-order valence-corrected chi connectivity index (χ4v) is 1.85. The van der Waals surface area contributed by atoms with Crippen LogP contribution in [0, 0.1) is 13.8 Å². The van der Waals surface area contributed by atoms with Crippen molar-refractivity contribution in [2.75, 3.05) is 0 Å². The van der Waals surface area contributed by atoms with E-state index in [0.717, 1.165) is 19.3 Å². The summed E-state index contributed by atoms with van der Waals surface area (Å²) in [6.07, 6.45) is 3.37. The molecule has 0 atom stereocenters. The predicted molar refractivity (Wildman–Crippen MR) is 67.7 cm³/mol. The van der Waals surface area contributed by atoms with Gasteiger partial charge in [0.1, 0.15) is 11.5 Å². The number of ketones is 1. The number of hydrogen-bond donors (Lipinski definition) is 2. The first-order valence-corrected chi connectivity index (χ1v) is 6.04. The molecule has 0 aromatic heterocycles. The van der Waals surface area contributed by atoms with Gasteiger partial charge in [0, 0.05) is 12.0 Å². The Morgan fingerprint density at radius 2 is 1.82 bits per heavy atom. The Balaban J connectivity index is 2.94. The van der Waals surface area contributed by atoms with E-state index in [1.807, 2.05) is 0 Å². The van der Waals surface area contributed by atoms with Gasteiger partial charge in [0.2, 0.25) is 0 Å². The molecule has 0 aliphatic rings. The molecule has 0 heterocycles. The molecular weight excluding hydrogens is 216 g/mol. The lowest BCUT2D eigenvalue weighted by Crippen LogP contribution is -2.01. The van der Waals surface area contributed by atoms with Crippen molar-refractivity contribution in [3.63, 3.8) is 0 Å². The summed E-state index contributed by atoms with van der Waals surface area (Å²) in [4.78, 5) is 11.9. The van der Waals surface area contributed by atoms with Crippen molar-refractivity contribution in [2.45, 2.75) is 46.5 Å². The highest BCUT2D eigenvalue weighted by atomic mass is 16.3. The number of carbonyl (C=O) groups is 1. The highest BCUT2D eigenvalue weighted by Crippen LogP contribution is 2.33. The Kier molecular flexibility index (Phi) is 4.55. The average molecular weight is 236 g/mol. The van der Waals surface area contributed by atoms with Crippen LogP contribution in [0.4, 0.5) is 0 Å². The normalized spacial score (nSPS) is 10.5. The maximum absolute atomic E-state index is 11.9. The largest absolute Gasteiger partial charge is 0.507 e. The number of phenolic OH excluding ortho intramolecular Hbond substituents is 2. The molecule has 0 fully saturated rings. The third kappa shape index (κ3) is 2.99. The van der Waals surface area contributed by atoms with Gasteiger partial charge in [-0.1, -0.05) is 19.8 Å². The van der Waals surface area contributed by atoms with Crippen molar-refractivity contribution in [2.24, 2.45) is 0 Å². The summed E-state index contributed by atoms with van der Waals surface area (Å²) in [5.74, 6) is -0.0793. The summed E-state index contributed by atoms with van der Waals surface area (Å²) >= 11 is 0. The highest BCUT2D eigenvalue weighted by molar-refractivity contribution is 5.99. The Bertz CT molecular complexity index is 422. The molecule has 1 aromatic rings. The lowest BCUT2D eigenvalue weighted by Gasteiger charge is -2.10. The molecule has 3 nitrogen and oxygen atoms in total. The predicted octanol–water partition coefficient (Wildman–Crippen LogP) is 3.48. The average Bonchev–Trinajstić information content (AvgIpc) is 2.31. The number of carbonyl (C=O) groups excluding carboxylic acids is 1. The number of benzene rings is 1. The van der Waals surface area contributed by atoms with Crippen LogP contribution in [0.3, 0.4) is 0 Å². The molecule has 0 amide bonds. The van der Waals surface area contributed by atoms with Crippen LogP contribution in [0.2, 0.25) is 0 Å². The maximum atomic E-state index is 11.9. The Labute approximate surface area is 102 Å². The summed E-state index contributed by atoms with van der Waals surface area (Å²) in [5.41, 5.74) is 1.33. The molecule has 0 unspecified atom stereocenters. The van der Waals surface area contributed by atoms with E-state index in [9.17, 15) is 15.0 Å². The number of hydrogen-bond acceptors (Lipinski definition) is 3. The van der Waals surface area contributed by atoms with Crippen LogP contribution in [0.5, 0.6) is 11.5 Å². The molecule has 17 heavy (non-hydrogen) atoms. The molecule has 0 spiro atoms. The number of phenols is 2. The smallest absolute Gasteiger partial charge is 0.166 e. The van der Waals surface area contributed by atoms with Gasteiger partial charge in [0.25, 0.3) is 0 Å². The van der Waals surface area contributed by atoms with Crippen molar-refractivity contribution >= 4 is 5.78 Å². The maximum Gasteiger partial charge on any atom is 0.166 e. The van der Waals surface area contributed by atoms with Crippen LogP contribution in [-0.2, 0) is 0 Å². The van der Waals surface area contributed by atoms with E-state index in [2.05, 4.69) is 6.92 Å². The molecule has 94 valence electrons. The molecule has 1 aromatic carbocycles. The van der Waals surface area contributed by atoms with E-state index >= 15 is 0 Å². The molecule has 0 saturated heterocycles.